The Kier molecular flexibility index (Phi) is 12.3. The highest BCUT2D eigenvalue weighted by Gasteiger charge is 2.33. The van der Waals surface area contributed by atoms with Gasteiger partial charge in [-0.2, -0.15) is 0 Å². The summed E-state index contributed by atoms with van der Waals surface area (Å²) in [5, 5.41) is 15.3. The highest BCUT2D eigenvalue weighted by molar-refractivity contribution is 5.94. The standard InChI is InChI=1S/C40H46N4O6/c41-35-7-1-2-8-36(35)43-39(47)10-4-9-38(46)42-25-29-5-3-6-33(23-29)30-15-17-32(18-16-30)40-49-34(26-44-19-21-48-22-20-44)24-37(50-40)31-13-11-28(27-45)12-14-31/h1-3,5-8,11-18,23,34,37,40,45H,4,9-10,19-22,24-27,41H2,(H,42,46)(H,43,47). The number of hydrogen-bond donors (Lipinski definition) is 4. The van der Waals surface area contributed by atoms with Crippen LogP contribution in [0.4, 0.5) is 11.4 Å². The third-order valence-electron chi connectivity index (χ3n) is 9.16. The molecule has 3 unspecified atom stereocenters. The molecule has 0 saturated carbocycles. The van der Waals surface area contributed by atoms with Crippen molar-refractivity contribution < 1.29 is 28.9 Å². The maximum Gasteiger partial charge on any atom is 0.224 e. The Morgan fingerprint density at radius 3 is 2.30 bits per heavy atom. The molecule has 6 rings (SSSR count). The van der Waals surface area contributed by atoms with Crippen LogP contribution in [0.2, 0.25) is 0 Å². The summed E-state index contributed by atoms with van der Waals surface area (Å²) < 4.78 is 18.6. The van der Waals surface area contributed by atoms with Crippen molar-refractivity contribution in [1.82, 2.24) is 10.2 Å². The van der Waals surface area contributed by atoms with Gasteiger partial charge in [0.05, 0.1) is 43.4 Å². The number of nitrogens with one attached hydrogen (secondary N) is 2. The lowest BCUT2D eigenvalue weighted by molar-refractivity contribution is -0.253. The molecule has 2 aliphatic heterocycles. The summed E-state index contributed by atoms with van der Waals surface area (Å²) in [4.78, 5) is 27.2. The third-order valence-corrected chi connectivity index (χ3v) is 9.16. The Morgan fingerprint density at radius 1 is 0.800 bits per heavy atom. The number of aliphatic hydroxyl groups is 1. The van der Waals surface area contributed by atoms with Crippen molar-refractivity contribution in [3.05, 3.63) is 119 Å². The van der Waals surface area contributed by atoms with Crippen molar-refractivity contribution in [2.45, 2.75) is 57.3 Å². The average Bonchev–Trinajstić information content (AvgIpc) is 3.15. The SMILES string of the molecule is Nc1ccccc1NC(=O)CCCC(=O)NCc1cccc(-c2ccc(C3OC(CN4CCOCC4)CC(c4ccc(CO)cc4)O3)cc2)c1. The molecule has 2 saturated heterocycles. The number of aliphatic hydroxyl groups excluding tert-OH is 1. The van der Waals surface area contributed by atoms with Crippen LogP contribution in [-0.4, -0.2) is 60.8 Å². The fourth-order valence-corrected chi connectivity index (χ4v) is 6.32. The van der Waals surface area contributed by atoms with E-state index in [0.29, 0.717) is 24.3 Å². The maximum atomic E-state index is 12.5. The molecule has 5 N–H and O–H groups in total. The first-order chi connectivity index (χ1) is 24.4. The predicted octanol–water partition coefficient (Wildman–Crippen LogP) is 5.73. The minimum atomic E-state index is -0.518. The number of hydrogen-bond acceptors (Lipinski definition) is 8. The first-order valence-electron chi connectivity index (χ1n) is 17.3. The van der Waals surface area contributed by atoms with Crippen LogP contribution in [0.1, 0.15) is 60.3 Å². The lowest BCUT2D eigenvalue weighted by Crippen LogP contribution is -2.44. The molecule has 0 radical (unpaired) electrons. The van der Waals surface area contributed by atoms with Gasteiger partial charge in [0.1, 0.15) is 0 Å². The van der Waals surface area contributed by atoms with E-state index in [0.717, 1.165) is 72.6 Å². The summed E-state index contributed by atoms with van der Waals surface area (Å²) in [7, 11) is 0. The average molecular weight is 679 g/mol. The topological polar surface area (TPSA) is 135 Å². The number of nitrogens with zero attached hydrogens (tertiary/aromatic N) is 1. The molecule has 2 aliphatic rings. The van der Waals surface area contributed by atoms with Crippen LogP contribution in [0.3, 0.4) is 0 Å². The van der Waals surface area contributed by atoms with E-state index in [1.54, 1.807) is 12.1 Å². The summed E-state index contributed by atoms with van der Waals surface area (Å²) in [6.07, 6.45) is 1.01. The Balaban J connectivity index is 1.03. The van der Waals surface area contributed by atoms with Crippen LogP contribution in [0.5, 0.6) is 0 Å². The molecule has 2 amide bonds. The van der Waals surface area contributed by atoms with E-state index in [-0.39, 0.29) is 43.5 Å². The van der Waals surface area contributed by atoms with E-state index in [4.69, 9.17) is 19.9 Å². The number of benzene rings is 4. The molecule has 10 heteroatoms. The highest BCUT2D eigenvalue weighted by atomic mass is 16.7. The van der Waals surface area contributed by atoms with Crippen molar-refractivity contribution in [3.8, 4) is 11.1 Å². The quantitative estimate of drug-likeness (QED) is 0.132. The molecule has 0 bridgehead atoms. The number of ether oxygens (including phenoxy) is 3. The number of para-hydroxylation sites is 2. The number of morpholine rings is 1. The van der Waals surface area contributed by atoms with Gasteiger partial charge >= 0.3 is 0 Å². The zero-order valence-electron chi connectivity index (χ0n) is 28.3. The summed E-state index contributed by atoms with van der Waals surface area (Å²) in [6.45, 7) is 4.47. The molecule has 0 aromatic heterocycles. The van der Waals surface area contributed by atoms with Crippen molar-refractivity contribution in [3.63, 3.8) is 0 Å². The first kappa shape index (κ1) is 35.3. The van der Waals surface area contributed by atoms with Crippen LogP contribution in [0, 0.1) is 0 Å². The lowest BCUT2D eigenvalue weighted by atomic mass is 9.99. The summed E-state index contributed by atoms with van der Waals surface area (Å²) in [6, 6.07) is 31.4. The van der Waals surface area contributed by atoms with Crippen LogP contribution in [0.15, 0.2) is 97.1 Å². The molecule has 4 aromatic rings. The Morgan fingerprint density at radius 2 is 1.54 bits per heavy atom. The molecule has 2 heterocycles. The van der Waals surface area contributed by atoms with Crippen molar-refractivity contribution in [2.24, 2.45) is 0 Å². The van der Waals surface area contributed by atoms with Gasteiger partial charge in [-0.25, -0.2) is 0 Å². The highest BCUT2D eigenvalue weighted by Crippen LogP contribution is 2.38. The van der Waals surface area contributed by atoms with Gasteiger partial charge < -0.3 is 35.7 Å². The zero-order chi connectivity index (χ0) is 34.7. The van der Waals surface area contributed by atoms with E-state index in [1.807, 2.05) is 48.5 Å². The Labute approximate surface area is 293 Å². The van der Waals surface area contributed by atoms with Crippen LogP contribution >= 0.6 is 0 Å². The second-order valence-electron chi connectivity index (χ2n) is 12.9. The van der Waals surface area contributed by atoms with E-state index >= 15 is 0 Å². The molecular formula is C40H46N4O6. The van der Waals surface area contributed by atoms with Gasteiger partial charge in [-0.3, -0.25) is 14.5 Å². The number of nitrogen functional groups attached to an aromatic ring is 1. The lowest BCUT2D eigenvalue weighted by Gasteiger charge is -2.39. The summed E-state index contributed by atoms with van der Waals surface area (Å²) in [5.41, 5.74) is 12.9. The van der Waals surface area contributed by atoms with Crippen molar-refractivity contribution >= 4 is 23.2 Å². The van der Waals surface area contributed by atoms with Gasteiger partial charge in [-0.15, -0.1) is 0 Å². The molecule has 3 atom stereocenters. The van der Waals surface area contributed by atoms with E-state index in [1.165, 1.54) is 0 Å². The van der Waals surface area contributed by atoms with Crippen LogP contribution < -0.4 is 16.4 Å². The largest absolute Gasteiger partial charge is 0.397 e. The van der Waals surface area contributed by atoms with Gasteiger partial charge in [0.2, 0.25) is 11.8 Å². The predicted molar refractivity (Wildman–Crippen MR) is 193 cm³/mol. The molecule has 50 heavy (non-hydrogen) atoms. The van der Waals surface area contributed by atoms with Crippen molar-refractivity contribution in [2.75, 3.05) is 43.9 Å². The molecule has 10 nitrogen and oxygen atoms in total. The summed E-state index contributed by atoms with van der Waals surface area (Å²) >= 11 is 0. The Hall–Kier alpha value is -4.58. The monoisotopic (exact) mass is 678 g/mol. The maximum absolute atomic E-state index is 12.5. The fourth-order valence-electron chi connectivity index (χ4n) is 6.32. The molecule has 262 valence electrons. The Bertz CT molecular complexity index is 1710. The normalized spacial score (nSPS) is 19.5. The number of anilines is 2. The van der Waals surface area contributed by atoms with Gasteiger partial charge in [0.25, 0.3) is 0 Å². The number of amides is 2. The number of rotatable bonds is 13. The second-order valence-corrected chi connectivity index (χ2v) is 12.9. The van der Waals surface area contributed by atoms with E-state index in [2.05, 4.69) is 51.9 Å². The van der Waals surface area contributed by atoms with Gasteiger partial charge in [-0.05, 0) is 52.4 Å². The number of carbonyl (C=O) groups is 2. The zero-order valence-corrected chi connectivity index (χ0v) is 28.3. The minimum absolute atomic E-state index is 0.00764. The minimum Gasteiger partial charge on any atom is -0.397 e. The molecule has 4 aromatic carbocycles. The van der Waals surface area contributed by atoms with E-state index in [9.17, 15) is 14.7 Å². The second kappa shape index (κ2) is 17.4. The molecule has 2 fully saturated rings. The molecule has 0 aliphatic carbocycles. The third kappa shape index (κ3) is 9.77. The van der Waals surface area contributed by atoms with Crippen LogP contribution in [-0.2, 0) is 37.0 Å². The van der Waals surface area contributed by atoms with Crippen molar-refractivity contribution in [1.29, 1.82) is 0 Å². The molecule has 0 spiro atoms. The first-order valence-corrected chi connectivity index (χ1v) is 17.3. The van der Waals surface area contributed by atoms with Crippen LogP contribution in [0.25, 0.3) is 11.1 Å². The smallest absolute Gasteiger partial charge is 0.224 e. The van der Waals surface area contributed by atoms with E-state index < -0.39 is 6.29 Å². The summed E-state index contributed by atoms with van der Waals surface area (Å²) in [5.74, 6) is -0.272. The number of carbonyl (C=O) groups excluding carboxylic acids is 2. The van der Waals surface area contributed by atoms with Gasteiger partial charge in [-0.1, -0.05) is 78.9 Å². The van der Waals surface area contributed by atoms with Gasteiger partial charge in [0.15, 0.2) is 6.29 Å². The van der Waals surface area contributed by atoms with Gasteiger partial charge in [0, 0.05) is 51.0 Å². The number of nitrogens with two attached hydrogens (primary N) is 1. The molecular weight excluding hydrogens is 632 g/mol. The fraction of sp³-hybridized carbons (Fsp3) is 0.350.